The van der Waals surface area contributed by atoms with E-state index < -0.39 is 29.6 Å². The number of nitrogens with two attached hydrogens (primary N) is 1. The van der Waals surface area contributed by atoms with Crippen molar-refractivity contribution in [3.8, 4) is 0 Å². The smallest absolute Gasteiger partial charge is 0.408 e. The van der Waals surface area contributed by atoms with Crippen LogP contribution in [0.5, 0.6) is 0 Å². The third kappa shape index (κ3) is 9.18. The van der Waals surface area contributed by atoms with Crippen LogP contribution in [0, 0.1) is 5.92 Å². The molecular weight excluding hydrogens is 262 g/mol. The van der Waals surface area contributed by atoms with E-state index in [1.807, 2.05) is 13.8 Å². The van der Waals surface area contributed by atoms with Crippen molar-refractivity contribution in [1.29, 1.82) is 0 Å². The highest BCUT2D eigenvalue weighted by Crippen LogP contribution is 2.09. The molecule has 0 rings (SSSR count). The van der Waals surface area contributed by atoms with Crippen molar-refractivity contribution in [1.82, 2.24) is 10.6 Å². The third-order valence-electron chi connectivity index (χ3n) is 2.15. The van der Waals surface area contributed by atoms with E-state index in [0.29, 0.717) is 6.42 Å². The maximum atomic E-state index is 11.9. The molecule has 7 nitrogen and oxygen atoms in total. The van der Waals surface area contributed by atoms with Crippen LogP contribution < -0.4 is 16.4 Å². The lowest BCUT2D eigenvalue weighted by molar-refractivity contribution is -0.126. The number of carbonyl (C=O) groups is 3. The maximum absolute atomic E-state index is 11.9. The van der Waals surface area contributed by atoms with Gasteiger partial charge in [-0.1, -0.05) is 13.8 Å². The Morgan fingerprint density at radius 2 is 1.75 bits per heavy atom. The first-order valence-electron chi connectivity index (χ1n) is 6.56. The van der Waals surface area contributed by atoms with Gasteiger partial charge >= 0.3 is 6.09 Å². The van der Waals surface area contributed by atoms with Gasteiger partial charge in [-0.05, 0) is 33.1 Å². The third-order valence-corrected chi connectivity index (χ3v) is 2.15. The molecule has 0 unspecified atom stereocenters. The molecule has 0 bridgehead atoms. The Kier molecular flexibility index (Phi) is 7.02. The molecule has 0 aromatic carbocycles. The number of alkyl carbamates (subject to hydrolysis) is 1. The van der Waals surface area contributed by atoms with Crippen LogP contribution in [0.4, 0.5) is 4.79 Å². The van der Waals surface area contributed by atoms with Crippen molar-refractivity contribution in [2.45, 2.75) is 52.7 Å². The van der Waals surface area contributed by atoms with Crippen molar-refractivity contribution in [2.75, 3.05) is 6.54 Å². The fourth-order valence-electron chi connectivity index (χ4n) is 1.45. The Morgan fingerprint density at radius 3 is 2.15 bits per heavy atom. The molecule has 4 N–H and O–H groups in total. The minimum absolute atomic E-state index is 0.189. The molecule has 116 valence electrons. The van der Waals surface area contributed by atoms with E-state index in [9.17, 15) is 14.4 Å². The Hall–Kier alpha value is -1.79. The molecule has 0 radical (unpaired) electrons. The van der Waals surface area contributed by atoms with Crippen LogP contribution in [0.2, 0.25) is 0 Å². The van der Waals surface area contributed by atoms with Crippen LogP contribution in [0.25, 0.3) is 0 Å². The molecule has 0 saturated carbocycles. The Labute approximate surface area is 119 Å². The molecule has 0 aliphatic rings. The second-order valence-electron chi connectivity index (χ2n) is 6.01. The molecule has 0 saturated heterocycles. The molecule has 0 aliphatic carbocycles. The van der Waals surface area contributed by atoms with Gasteiger partial charge in [-0.25, -0.2) is 4.79 Å². The van der Waals surface area contributed by atoms with Crippen molar-refractivity contribution >= 4 is 17.9 Å². The first-order chi connectivity index (χ1) is 9.01. The summed E-state index contributed by atoms with van der Waals surface area (Å²) in [4.78, 5) is 34.2. The summed E-state index contributed by atoms with van der Waals surface area (Å²) >= 11 is 0. The van der Waals surface area contributed by atoms with Crippen molar-refractivity contribution in [3.05, 3.63) is 0 Å². The second kappa shape index (κ2) is 7.72. The SMILES string of the molecule is CC(C)C[C@H](NC(=O)OC(C)(C)C)C(=O)NCC(N)=O. The standard InChI is InChI=1S/C13H25N3O4/c1-8(2)6-9(11(18)15-7-10(14)17)16-12(19)20-13(3,4)5/h8-9H,6-7H2,1-5H3,(H2,14,17)(H,15,18)(H,16,19)/t9-/m0/s1. The van der Waals surface area contributed by atoms with Crippen LogP contribution >= 0.6 is 0 Å². The van der Waals surface area contributed by atoms with Crippen molar-refractivity contribution < 1.29 is 19.1 Å². The summed E-state index contributed by atoms with van der Waals surface area (Å²) in [6.07, 6.45) is -0.235. The van der Waals surface area contributed by atoms with Gasteiger partial charge in [0, 0.05) is 0 Å². The summed E-state index contributed by atoms with van der Waals surface area (Å²) in [6.45, 7) is 8.78. The van der Waals surface area contributed by atoms with Gasteiger partial charge in [-0.2, -0.15) is 0 Å². The Balaban J connectivity index is 4.59. The first kappa shape index (κ1) is 18.2. The highest BCUT2D eigenvalue weighted by atomic mass is 16.6. The number of amides is 3. The minimum atomic E-state index is -0.760. The molecule has 0 heterocycles. The van der Waals surface area contributed by atoms with E-state index in [-0.39, 0.29) is 12.5 Å². The predicted molar refractivity (Wildman–Crippen MR) is 74.8 cm³/mol. The van der Waals surface area contributed by atoms with E-state index in [1.165, 1.54) is 0 Å². The lowest BCUT2D eigenvalue weighted by Gasteiger charge is -2.24. The molecule has 0 fully saturated rings. The highest BCUT2D eigenvalue weighted by Gasteiger charge is 2.25. The van der Waals surface area contributed by atoms with Crippen LogP contribution in [-0.2, 0) is 14.3 Å². The van der Waals surface area contributed by atoms with Crippen molar-refractivity contribution in [2.24, 2.45) is 11.7 Å². The van der Waals surface area contributed by atoms with E-state index >= 15 is 0 Å². The molecule has 20 heavy (non-hydrogen) atoms. The molecule has 3 amide bonds. The number of carbonyl (C=O) groups excluding carboxylic acids is 3. The molecular formula is C13H25N3O4. The number of nitrogens with one attached hydrogen (secondary N) is 2. The number of ether oxygens (including phenoxy) is 1. The zero-order chi connectivity index (χ0) is 15.9. The Bertz CT molecular complexity index is 361. The maximum Gasteiger partial charge on any atom is 0.408 e. The van der Waals surface area contributed by atoms with Crippen LogP contribution in [0.15, 0.2) is 0 Å². The largest absolute Gasteiger partial charge is 0.444 e. The quantitative estimate of drug-likeness (QED) is 0.661. The average Bonchev–Trinajstić information content (AvgIpc) is 2.21. The Morgan fingerprint density at radius 1 is 1.20 bits per heavy atom. The fourth-order valence-corrected chi connectivity index (χ4v) is 1.45. The molecule has 0 aliphatic heterocycles. The van der Waals surface area contributed by atoms with Gasteiger partial charge in [0.2, 0.25) is 11.8 Å². The zero-order valence-corrected chi connectivity index (χ0v) is 12.8. The normalized spacial score (nSPS) is 12.7. The number of rotatable bonds is 6. The summed E-state index contributed by atoms with van der Waals surface area (Å²) in [6, 6.07) is -0.760. The predicted octanol–water partition coefficient (Wildman–Crippen LogP) is 0.527. The summed E-state index contributed by atoms with van der Waals surface area (Å²) in [5.74, 6) is -0.906. The van der Waals surface area contributed by atoms with Gasteiger partial charge in [0.15, 0.2) is 0 Å². The summed E-state index contributed by atoms with van der Waals surface area (Å²) in [5, 5.41) is 4.88. The molecule has 7 heteroatoms. The highest BCUT2D eigenvalue weighted by molar-refractivity contribution is 5.89. The molecule has 0 spiro atoms. The van der Waals surface area contributed by atoms with Crippen LogP contribution in [-0.4, -0.2) is 36.1 Å². The van der Waals surface area contributed by atoms with Crippen molar-refractivity contribution in [3.63, 3.8) is 0 Å². The fraction of sp³-hybridized carbons (Fsp3) is 0.769. The summed E-state index contributed by atoms with van der Waals surface area (Å²) < 4.78 is 5.10. The van der Waals surface area contributed by atoms with E-state index in [0.717, 1.165) is 0 Å². The zero-order valence-electron chi connectivity index (χ0n) is 12.8. The summed E-state index contributed by atoms with van der Waals surface area (Å²) in [5.41, 5.74) is 4.32. The van der Waals surface area contributed by atoms with Gasteiger partial charge in [0.25, 0.3) is 0 Å². The topological polar surface area (TPSA) is 111 Å². The molecule has 0 aromatic heterocycles. The molecule has 1 atom stereocenters. The minimum Gasteiger partial charge on any atom is -0.444 e. The summed E-state index contributed by atoms with van der Waals surface area (Å²) in [7, 11) is 0. The van der Waals surface area contributed by atoms with Gasteiger partial charge in [0.05, 0.1) is 6.54 Å². The number of hydrogen-bond donors (Lipinski definition) is 3. The number of primary amides is 1. The van der Waals surface area contributed by atoms with Gasteiger partial charge in [0.1, 0.15) is 11.6 Å². The number of hydrogen-bond acceptors (Lipinski definition) is 4. The van der Waals surface area contributed by atoms with Gasteiger partial charge in [-0.3, -0.25) is 9.59 Å². The van der Waals surface area contributed by atoms with E-state index in [1.54, 1.807) is 20.8 Å². The lowest BCUT2D eigenvalue weighted by atomic mass is 10.0. The van der Waals surface area contributed by atoms with Crippen LogP contribution in [0.3, 0.4) is 0 Å². The van der Waals surface area contributed by atoms with E-state index in [4.69, 9.17) is 10.5 Å². The van der Waals surface area contributed by atoms with Gasteiger partial charge in [-0.15, -0.1) is 0 Å². The average molecular weight is 287 g/mol. The monoisotopic (exact) mass is 287 g/mol. The van der Waals surface area contributed by atoms with E-state index in [2.05, 4.69) is 10.6 Å². The first-order valence-corrected chi connectivity index (χ1v) is 6.56. The van der Waals surface area contributed by atoms with Gasteiger partial charge < -0.3 is 21.1 Å². The second-order valence-corrected chi connectivity index (χ2v) is 6.01. The van der Waals surface area contributed by atoms with Crippen LogP contribution in [0.1, 0.15) is 41.0 Å². The lowest BCUT2D eigenvalue weighted by Crippen LogP contribution is -2.50. The molecule has 0 aromatic rings.